The van der Waals surface area contributed by atoms with Crippen molar-refractivity contribution < 1.29 is 9.90 Å². The number of hydrogen-bond donors (Lipinski definition) is 1. The van der Waals surface area contributed by atoms with Crippen LogP contribution in [0.3, 0.4) is 0 Å². The van der Waals surface area contributed by atoms with Gasteiger partial charge in [-0.25, -0.2) is 0 Å². The van der Waals surface area contributed by atoms with Crippen LogP contribution in [-0.2, 0) is 4.79 Å². The molecule has 0 aromatic heterocycles. The van der Waals surface area contributed by atoms with Gasteiger partial charge in [-0.3, -0.25) is 14.6 Å². The fourth-order valence-electron chi connectivity index (χ4n) is 2.78. The number of rotatable bonds is 4. The lowest BCUT2D eigenvalue weighted by molar-refractivity contribution is -0.141. The van der Waals surface area contributed by atoms with Crippen molar-refractivity contribution in [1.82, 2.24) is 9.80 Å². The van der Waals surface area contributed by atoms with Crippen molar-refractivity contribution in [2.75, 3.05) is 32.7 Å². The molecule has 2 aliphatic heterocycles. The molecule has 2 fully saturated rings. The summed E-state index contributed by atoms with van der Waals surface area (Å²) in [5.74, 6) is -0.781. The van der Waals surface area contributed by atoms with Gasteiger partial charge in [0.05, 0.1) is 5.92 Å². The monoisotopic (exact) mass is 224 g/mol. The third kappa shape index (κ3) is 2.44. The van der Waals surface area contributed by atoms with Crippen LogP contribution in [0.25, 0.3) is 0 Å². The molecule has 1 N–H and O–H groups in total. The van der Waals surface area contributed by atoms with Gasteiger partial charge in [0, 0.05) is 32.2 Å². The fourth-order valence-corrected chi connectivity index (χ4v) is 2.78. The van der Waals surface area contributed by atoms with E-state index in [0.29, 0.717) is 6.04 Å². The first-order valence-corrected chi connectivity index (χ1v) is 6.01. The molecule has 2 aliphatic rings. The molecule has 0 radical (unpaired) electrons. The van der Waals surface area contributed by atoms with Crippen molar-refractivity contribution >= 4 is 5.97 Å². The molecule has 2 unspecified atom stereocenters. The highest BCUT2D eigenvalue weighted by Gasteiger charge is 2.34. The molecule has 4 nitrogen and oxygen atoms in total. The first-order chi connectivity index (χ1) is 7.70. The summed E-state index contributed by atoms with van der Waals surface area (Å²) >= 11 is 0. The molecule has 0 bridgehead atoms. The van der Waals surface area contributed by atoms with Crippen LogP contribution in [0.4, 0.5) is 0 Å². The van der Waals surface area contributed by atoms with Gasteiger partial charge in [-0.05, 0) is 19.4 Å². The first kappa shape index (κ1) is 11.6. The van der Waals surface area contributed by atoms with Crippen LogP contribution in [0.5, 0.6) is 0 Å². The highest BCUT2D eigenvalue weighted by Crippen LogP contribution is 2.23. The number of nitrogens with zero attached hydrogens (tertiary/aromatic N) is 2. The molecule has 90 valence electrons. The minimum absolute atomic E-state index is 0.145. The van der Waals surface area contributed by atoms with Gasteiger partial charge in [-0.15, -0.1) is 6.58 Å². The van der Waals surface area contributed by atoms with Crippen LogP contribution in [0.2, 0.25) is 0 Å². The van der Waals surface area contributed by atoms with E-state index in [2.05, 4.69) is 16.4 Å². The lowest BCUT2D eigenvalue weighted by atomic mass is 10.1. The van der Waals surface area contributed by atoms with Crippen LogP contribution >= 0.6 is 0 Å². The molecule has 0 saturated carbocycles. The molecule has 2 rings (SSSR count). The average molecular weight is 224 g/mol. The second kappa shape index (κ2) is 4.97. The summed E-state index contributed by atoms with van der Waals surface area (Å²) in [4.78, 5) is 15.6. The maximum absolute atomic E-state index is 10.9. The maximum Gasteiger partial charge on any atom is 0.307 e. The maximum atomic E-state index is 10.9. The van der Waals surface area contributed by atoms with Gasteiger partial charge in [-0.2, -0.15) is 0 Å². The standard InChI is InChI=1S/C12H20N2O2/c1-2-5-13-6-4-11(9-13)14-7-3-10(8-14)12(15)16/h2,10-11H,1,3-9H2,(H,15,16). The van der Waals surface area contributed by atoms with Crippen molar-refractivity contribution in [3.63, 3.8) is 0 Å². The van der Waals surface area contributed by atoms with E-state index in [-0.39, 0.29) is 5.92 Å². The Morgan fingerprint density at radius 2 is 2.19 bits per heavy atom. The fraction of sp³-hybridized carbons (Fsp3) is 0.750. The third-order valence-electron chi connectivity index (χ3n) is 3.72. The lowest BCUT2D eigenvalue weighted by Crippen LogP contribution is -2.36. The van der Waals surface area contributed by atoms with Crippen molar-refractivity contribution in [3.8, 4) is 0 Å². The van der Waals surface area contributed by atoms with Crippen molar-refractivity contribution in [3.05, 3.63) is 12.7 Å². The summed E-state index contributed by atoms with van der Waals surface area (Å²) in [6, 6.07) is 0.560. The molecule has 16 heavy (non-hydrogen) atoms. The summed E-state index contributed by atoms with van der Waals surface area (Å²) < 4.78 is 0. The molecule has 0 aromatic rings. The minimum Gasteiger partial charge on any atom is -0.481 e. The number of carboxylic acids is 1. The molecule has 0 amide bonds. The van der Waals surface area contributed by atoms with Gasteiger partial charge in [0.1, 0.15) is 0 Å². The molecule has 2 saturated heterocycles. The van der Waals surface area contributed by atoms with Crippen molar-refractivity contribution in [1.29, 1.82) is 0 Å². The van der Waals surface area contributed by atoms with Gasteiger partial charge in [0.2, 0.25) is 0 Å². The van der Waals surface area contributed by atoms with Crippen LogP contribution in [0.1, 0.15) is 12.8 Å². The summed E-state index contributed by atoms with van der Waals surface area (Å²) in [6.45, 7) is 8.57. The molecule has 2 atom stereocenters. The molecule has 0 aromatic carbocycles. The number of hydrogen-bond acceptors (Lipinski definition) is 3. The average Bonchev–Trinajstić information content (AvgIpc) is 2.84. The highest BCUT2D eigenvalue weighted by atomic mass is 16.4. The Balaban J connectivity index is 1.82. The van der Waals surface area contributed by atoms with Crippen LogP contribution in [-0.4, -0.2) is 59.6 Å². The third-order valence-corrected chi connectivity index (χ3v) is 3.72. The predicted octanol–water partition coefficient (Wildman–Crippen LogP) is 0.653. The summed E-state index contributed by atoms with van der Waals surface area (Å²) in [5, 5.41) is 8.96. The Hall–Kier alpha value is -0.870. The van der Waals surface area contributed by atoms with E-state index in [4.69, 9.17) is 5.11 Å². The number of aliphatic carboxylic acids is 1. The van der Waals surface area contributed by atoms with E-state index in [1.165, 1.54) is 6.42 Å². The Kier molecular flexibility index (Phi) is 3.61. The van der Waals surface area contributed by atoms with E-state index in [9.17, 15) is 4.79 Å². The Labute approximate surface area is 96.5 Å². The zero-order valence-corrected chi connectivity index (χ0v) is 9.64. The summed E-state index contributed by atoms with van der Waals surface area (Å²) in [6.07, 6.45) is 3.92. The van der Waals surface area contributed by atoms with Gasteiger partial charge in [0.15, 0.2) is 0 Å². The van der Waals surface area contributed by atoms with E-state index in [0.717, 1.165) is 39.1 Å². The van der Waals surface area contributed by atoms with Gasteiger partial charge in [0.25, 0.3) is 0 Å². The van der Waals surface area contributed by atoms with Gasteiger partial charge < -0.3 is 5.11 Å². The quantitative estimate of drug-likeness (QED) is 0.712. The van der Waals surface area contributed by atoms with Gasteiger partial charge in [-0.1, -0.05) is 6.08 Å². The molecule has 0 spiro atoms. The zero-order chi connectivity index (χ0) is 11.5. The smallest absolute Gasteiger partial charge is 0.307 e. The Morgan fingerprint density at radius 1 is 1.38 bits per heavy atom. The number of likely N-dealkylation sites (tertiary alicyclic amines) is 2. The predicted molar refractivity (Wildman–Crippen MR) is 62.4 cm³/mol. The summed E-state index contributed by atoms with van der Waals surface area (Å²) in [7, 11) is 0. The molecule has 0 aliphatic carbocycles. The van der Waals surface area contributed by atoms with E-state index >= 15 is 0 Å². The molecular formula is C12H20N2O2. The van der Waals surface area contributed by atoms with Gasteiger partial charge >= 0.3 is 5.97 Å². The molecule has 2 heterocycles. The van der Waals surface area contributed by atoms with Crippen LogP contribution < -0.4 is 0 Å². The van der Waals surface area contributed by atoms with Crippen molar-refractivity contribution in [2.24, 2.45) is 5.92 Å². The largest absolute Gasteiger partial charge is 0.481 e. The minimum atomic E-state index is -0.636. The van der Waals surface area contributed by atoms with E-state index in [1.54, 1.807) is 0 Å². The number of carbonyl (C=O) groups is 1. The number of carboxylic acid groups (broad SMARTS) is 1. The molecular weight excluding hydrogens is 204 g/mol. The topological polar surface area (TPSA) is 43.8 Å². The van der Waals surface area contributed by atoms with E-state index in [1.807, 2.05) is 6.08 Å². The molecule has 4 heteroatoms. The normalized spacial score (nSPS) is 32.0. The highest BCUT2D eigenvalue weighted by molar-refractivity contribution is 5.70. The lowest BCUT2D eigenvalue weighted by Gasteiger charge is -2.23. The van der Waals surface area contributed by atoms with Crippen LogP contribution in [0, 0.1) is 5.92 Å². The Morgan fingerprint density at radius 3 is 2.81 bits per heavy atom. The van der Waals surface area contributed by atoms with Crippen molar-refractivity contribution in [2.45, 2.75) is 18.9 Å². The first-order valence-electron chi connectivity index (χ1n) is 6.01. The summed E-state index contributed by atoms with van der Waals surface area (Å²) in [5.41, 5.74) is 0. The second-order valence-electron chi connectivity index (χ2n) is 4.81. The van der Waals surface area contributed by atoms with E-state index < -0.39 is 5.97 Å². The SMILES string of the molecule is C=CCN1CCC(N2CCC(C(=O)O)C2)C1. The van der Waals surface area contributed by atoms with Crippen LogP contribution in [0.15, 0.2) is 12.7 Å². The second-order valence-corrected chi connectivity index (χ2v) is 4.81. The zero-order valence-electron chi connectivity index (χ0n) is 9.64. The Bertz CT molecular complexity index is 280.